The Labute approximate surface area is 126 Å². The lowest BCUT2D eigenvalue weighted by molar-refractivity contribution is -0.139. The van der Waals surface area contributed by atoms with Crippen LogP contribution in [-0.2, 0) is 14.8 Å². The normalized spacial score (nSPS) is 24.0. The van der Waals surface area contributed by atoms with Crippen molar-refractivity contribution in [1.29, 1.82) is 0 Å². The molecule has 1 aromatic rings. The van der Waals surface area contributed by atoms with Crippen LogP contribution in [0.2, 0.25) is 5.02 Å². The lowest BCUT2D eigenvalue weighted by atomic mass is 9.94. The molecule has 116 valence electrons. The number of carbonyl (C=O) groups is 1. The molecule has 1 heterocycles. The topological polar surface area (TPSA) is 101 Å². The van der Waals surface area contributed by atoms with Crippen molar-refractivity contribution in [2.45, 2.75) is 23.3 Å². The van der Waals surface area contributed by atoms with Gasteiger partial charge in [0.1, 0.15) is 4.90 Å². The van der Waals surface area contributed by atoms with Crippen LogP contribution in [0.1, 0.15) is 12.8 Å². The SMILES string of the molecule is NC(=O)C1(O)CCCN(S(=O)(=O)c2cccc(Cl)c2F)C1. The van der Waals surface area contributed by atoms with Crippen LogP contribution in [0.5, 0.6) is 0 Å². The van der Waals surface area contributed by atoms with E-state index in [9.17, 15) is 22.7 Å². The van der Waals surface area contributed by atoms with Crippen molar-refractivity contribution in [3.05, 3.63) is 29.0 Å². The number of amides is 1. The zero-order valence-corrected chi connectivity index (χ0v) is 12.5. The number of carbonyl (C=O) groups excluding carboxylic acids is 1. The summed E-state index contributed by atoms with van der Waals surface area (Å²) >= 11 is 5.58. The van der Waals surface area contributed by atoms with Gasteiger partial charge in [0.05, 0.1) is 11.6 Å². The number of nitrogens with two attached hydrogens (primary N) is 1. The van der Waals surface area contributed by atoms with Gasteiger partial charge in [-0.05, 0) is 25.0 Å². The van der Waals surface area contributed by atoms with Gasteiger partial charge in [-0.25, -0.2) is 12.8 Å². The molecule has 1 aliphatic rings. The fourth-order valence-electron chi connectivity index (χ4n) is 2.23. The van der Waals surface area contributed by atoms with Gasteiger partial charge in [-0.1, -0.05) is 17.7 Å². The molecule has 1 fully saturated rings. The Morgan fingerprint density at radius 1 is 1.48 bits per heavy atom. The van der Waals surface area contributed by atoms with E-state index in [1.165, 1.54) is 12.1 Å². The lowest BCUT2D eigenvalue weighted by Crippen LogP contribution is -2.57. The molecule has 3 N–H and O–H groups in total. The number of primary amides is 1. The van der Waals surface area contributed by atoms with Crippen LogP contribution in [0.3, 0.4) is 0 Å². The zero-order valence-electron chi connectivity index (χ0n) is 10.9. The Morgan fingerprint density at radius 2 is 2.14 bits per heavy atom. The van der Waals surface area contributed by atoms with Crippen LogP contribution in [0.25, 0.3) is 0 Å². The first kappa shape index (κ1) is 16.2. The molecule has 1 atom stereocenters. The predicted octanol–water partition coefficient (Wildman–Crippen LogP) is 0.480. The molecule has 21 heavy (non-hydrogen) atoms. The molecule has 1 saturated heterocycles. The molecule has 0 aromatic heterocycles. The van der Waals surface area contributed by atoms with E-state index >= 15 is 0 Å². The van der Waals surface area contributed by atoms with E-state index in [1.807, 2.05) is 0 Å². The van der Waals surface area contributed by atoms with Crippen molar-refractivity contribution in [1.82, 2.24) is 4.31 Å². The van der Waals surface area contributed by atoms with Gasteiger partial charge in [0.25, 0.3) is 5.91 Å². The van der Waals surface area contributed by atoms with Gasteiger partial charge in [-0.2, -0.15) is 4.31 Å². The van der Waals surface area contributed by atoms with Crippen molar-refractivity contribution >= 4 is 27.5 Å². The summed E-state index contributed by atoms with van der Waals surface area (Å²) in [5, 5.41) is 9.73. The molecule has 0 spiro atoms. The molecule has 1 aliphatic heterocycles. The molecule has 6 nitrogen and oxygen atoms in total. The summed E-state index contributed by atoms with van der Waals surface area (Å²) in [6.07, 6.45) is 0.299. The number of aliphatic hydroxyl groups is 1. The molecule has 0 saturated carbocycles. The minimum atomic E-state index is -4.21. The number of nitrogens with zero attached hydrogens (tertiary/aromatic N) is 1. The van der Waals surface area contributed by atoms with Crippen LogP contribution in [0.4, 0.5) is 4.39 Å². The smallest absolute Gasteiger partial charge is 0.250 e. The number of benzene rings is 1. The lowest BCUT2D eigenvalue weighted by Gasteiger charge is -2.36. The second-order valence-electron chi connectivity index (χ2n) is 4.89. The van der Waals surface area contributed by atoms with Crippen LogP contribution >= 0.6 is 11.6 Å². The van der Waals surface area contributed by atoms with Gasteiger partial charge in [0.15, 0.2) is 11.4 Å². The number of halogens is 2. The third-order valence-electron chi connectivity index (χ3n) is 3.43. The van der Waals surface area contributed by atoms with E-state index in [0.29, 0.717) is 0 Å². The highest BCUT2D eigenvalue weighted by Crippen LogP contribution is 2.29. The quantitative estimate of drug-likeness (QED) is 0.838. The Hall–Kier alpha value is -1.22. The van der Waals surface area contributed by atoms with Crippen molar-refractivity contribution in [3.63, 3.8) is 0 Å². The molecular weight excluding hydrogens is 323 g/mol. The summed E-state index contributed by atoms with van der Waals surface area (Å²) in [4.78, 5) is 10.7. The van der Waals surface area contributed by atoms with Gasteiger partial charge in [-0.15, -0.1) is 0 Å². The van der Waals surface area contributed by atoms with E-state index in [4.69, 9.17) is 17.3 Å². The van der Waals surface area contributed by atoms with Crippen molar-refractivity contribution in [3.8, 4) is 0 Å². The Morgan fingerprint density at radius 3 is 2.76 bits per heavy atom. The number of piperidine rings is 1. The third-order valence-corrected chi connectivity index (χ3v) is 5.58. The Kier molecular flexibility index (Phi) is 4.25. The van der Waals surface area contributed by atoms with Crippen molar-refractivity contribution < 1.29 is 22.7 Å². The number of β-amino-alcohol motifs (C(OH)–C–C–N with tert-alkyl or cyclic N) is 1. The van der Waals surface area contributed by atoms with Gasteiger partial charge in [0.2, 0.25) is 10.0 Å². The molecule has 0 bridgehead atoms. The van der Waals surface area contributed by atoms with Crippen LogP contribution in [0, 0.1) is 5.82 Å². The minimum Gasteiger partial charge on any atom is -0.379 e. The molecule has 1 unspecified atom stereocenters. The van der Waals surface area contributed by atoms with Crippen molar-refractivity contribution in [2.24, 2.45) is 5.73 Å². The highest BCUT2D eigenvalue weighted by molar-refractivity contribution is 7.89. The summed E-state index contributed by atoms with van der Waals surface area (Å²) in [5.74, 6) is -2.07. The second kappa shape index (κ2) is 5.53. The van der Waals surface area contributed by atoms with Crippen LogP contribution in [-0.4, -0.2) is 42.4 Å². The van der Waals surface area contributed by atoms with Crippen LogP contribution < -0.4 is 5.73 Å². The number of rotatable bonds is 3. The molecule has 1 aromatic carbocycles. The summed E-state index contributed by atoms with van der Waals surface area (Å²) in [6, 6.07) is 3.61. The number of hydrogen-bond donors (Lipinski definition) is 2. The maximum atomic E-state index is 13.9. The highest BCUT2D eigenvalue weighted by atomic mass is 35.5. The van der Waals surface area contributed by atoms with Gasteiger partial charge in [0, 0.05) is 6.54 Å². The van der Waals surface area contributed by atoms with Gasteiger partial charge in [-0.3, -0.25) is 4.79 Å². The second-order valence-corrected chi connectivity index (χ2v) is 7.20. The van der Waals surface area contributed by atoms with E-state index in [2.05, 4.69) is 0 Å². The fraction of sp³-hybridized carbons (Fsp3) is 0.417. The molecule has 2 rings (SSSR count). The van der Waals surface area contributed by atoms with Crippen LogP contribution in [0.15, 0.2) is 23.1 Å². The first-order valence-corrected chi connectivity index (χ1v) is 7.97. The molecule has 1 amide bonds. The number of hydrogen-bond acceptors (Lipinski definition) is 4. The third kappa shape index (κ3) is 2.89. The summed E-state index contributed by atoms with van der Waals surface area (Å²) < 4.78 is 39.6. The first-order valence-electron chi connectivity index (χ1n) is 6.15. The standard InChI is InChI=1S/C12H14ClFN2O4S/c13-8-3-1-4-9(10(8)14)21(19,20)16-6-2-5-12(18,7-16)11(15)17/h1,3-4,18H,2,5-7H2,(H2,15,17). The zero-order chi connectivity index (χ0) is 15.8. The average Bonchev–Trinajstić information content (AvgIpc) is 2.41. The van der Waals surface area contributed by atoms with E-state index in [0.717, 1.165) is 10.4 Å². The average molecular weight is 337 g/mol. The van der Waals surface area contributed by atoms with Gasteiger partial charge >= 0.3 is 0 Å². The van der Waals surface area contributed by atoms with E-state index in [1.54, 1.807) is 0 Å². The number of sulfonamides is 1. The Balaban J connectivity index is 2.40. The maximum absolute atomic E-state index is 13.9. The Bertz CT molecular complexity index is 682. The maximum Gasteiger partial charge on any atom is 0.250 e. The largest absolute Gasteiger partial charge is 0.379 e. The van der Waals surface area contributed by atoms with E-state index < -0.39 is 38.8 Å². The van der Waals surface area contributed by atoms with Gasteiger partial charge < -0.3 is 10.8 Å². The molecule has 9 heteroatoms. The summed E-state index contributed by atoms with van der Waals surface area (Å²) in [6.45, 7) is -0.444. The van der Waals surface area contributed by atoms with Crippen molar-refractivity contribution in [2.75, 3.05) is 13.1 Å². The summed E-state index contributed by atoms with van der Waals surface area (Å²) in [7, 11) is -4.21. The minimum absolute atomic E-state index is 0.0594. The molecule has 0 radical (unpaired) electrons. The molecule has 0 aliphatic carbocycles. The monoisotopic (exact) mass is 336 g/mol. The van der Waals surface area contributed by atoms with E-state index in [-0.39, 0.29) is 24.4 Å². The highest BCUT2D eigenvalue weighted by Gasteiger charge is 2.43. The molecular formula is C12H14ClFN2O4S. The fourth-order valence-corrected chi connectivity index (χ4v) is 4.08. The summed E-state index contributed by atoms with van der Waals surface area (Å²) in [5.41, 5.74) is 3.15. The first-order chi connectivity index (χ1) is 9.68. The predicted molar refractivity (Wildman–Crippen MR) is 73.5 cm³/mol.